The zero-order valence-electron chi connectivity index (χ0n) is 17.8. The van der Waals surface area contributed by atoms with Crippen LogP contribution >= 0.6 is 0 Å². The first kappa shape index (κ1) is 23.4. The maximum absolute atomic E-state index is 12.8. The standard InChI is InChI=1S/C24H36O2S/c1-7-22(27(25,26)23-15-11-8-12-16-23)18-17-21(4)24(5,6)19-13-9-10-14-20(2)3/h7-12,15-17,20H,13-14,18-19H2,1-6H3/b10-9-,21-17+,22-7-. The van der Waals surface area contributed by atoms with Crippen molar-refractivity contribution < 1.29 is 8.42 Å². The quantitative estimate of drug-likeness (QED) is 0.400. The van der Waals surface area contributed by atoms with Gasteiger partial charge in [0.05, 0.1) is 4.90 Å². The number of hydrogen-bond acceptors (Lipinski definition) is 2. The van der Waals surface area contributed by atoms with Crippen molar-refractivity contribution >= 4 is 9.84 Å². The summed E-state index contributed by atoms with van der Waals surface area (Å²) in [7, 11) is -3.42. The summed E-state index contributed by atoms with van der Waals surface area (Å²) >= 11 is 0. The Hall–Kier alpha value is -1.61. The molecule has 0 fully saturated rings. The van der Waals surface area contributed by atoms with Gasteiger partial charge >= 0.3 is 0 Å². The van der Waals surface area contributed by atoms with E-state index in [0.717, 1.165) is 19.3 Å². The molecule has 0 heterocycles. The summed E-state index contributed by atoms with van der Waals surface area (Å²) < 4.78 is 25.6. The molecule has 0 aliphatic carbocycles. The van der Waals surface area contributed by atoms with Gasteiger partial charge in [0, 0.05) is 11.3 Å². The van der Waals surface area contributed by atoms with Crippen LogP contribution in [-0.2, 0) is 9.84 Å². The Balaban J connectivity index is 2.79. The number of sulfone groups is 1. The molecule has 0 bridgehead atoms. The summed E-state index contributed by atoms with van der Waals surface area (Å²) in [6, 6.07) is 8.66. The molecule has 150 valence electrons. The van der Waals surface area contributed by atoms with Crippen LogP contribution < -0.4 is 0 Å². The molecule has 2 nitrogen and oxygen atoms in total. The number of rotatable bonds is 10. The SMILES string of the molecule is C/C=C(/C/C=C(\C)C(C)(C)CC/C=C\CC(C)C)S(=O)(=O)c1ccccc1. The van der Waals surface area contributed by atoms with Gasteiger partial charge in [-0.25, -0.2) is 8.42 Å². The fraction of sp³-hybridized carbons (Fsp3) is 0.500. The summed E-state index contributed by atoms with van der Waals surface area (Å²) in [5.41, 5.74) is 1.29. The highest BCUT2D eigenvalue weighted by molar-refractivity contribution is 7.95. The van der Waals surface area contributed by atoms with Gasteiger partial charge < -0.3 is 0 Å². The molecule has 0 saturated carbocycles. The molecule has 0 unspecified atom stereocenters. The Labute approximate surface area is 167 Å². The average Bonchev–Trinajstić information content (AvgIpc) is 2.62. The van der Waals surface area contributed by atoms with Crippen molar-refractivity contribution in [3.05, 3.63) is 65.1 Å². The van der Waals surface area contributed by atoms with E-state index in [-0.39, 0.29) is 5.41 Å². The lowest BCUT2D eigenvalue weighted by atomic mass is 9.80. The zero-order chi connectivity index (χ0) is 20.5. The van der Waals surface area contributed by atoms with E-state index in [2.05, 4.69) is 52.8 Å². The Bertz CT molecular complexity index is 764. The Morgan fingerprint density at radius 1 is 1.11 bits per heavy atom. The second-order valence-corrected chi connectivity index (χ2v) is 10.2. The Morgan fingerprint density at radius 3 is 2.30 bits per heavy atom. The second kappa shape index (κ2) is 10.7. The third kappa shape index (κ3) is 7.50. The summed E-state index contributed by atoms with van der Waals surface area (Å²) in [6.07, 6.45) is 12.0. The van der Waals surface area contributed by atoms with Gasteiger partial charge in [0.1, 0.15) is 0 Å². The molecule has 3 heteroatoms. The molecule has 0 saturated heterocycles. The molecule has 1 aromatic carbocycles. The van der Waals surface area contributed by atoms with Crippen LogP contribution in [0, 0.1) is 11.3 Å². The Kier molecular flexibility index (Phi) is 9.25. The summed E-state index contributed by atoms with van der Waals surface area (Å²) in [5, 5.41) is 0. The molecule has 0 N–H and O–H groups in total. The maximum Gasteiger partial charge on any atom is 0.202 e. The summed E-state index contributed by atoms with van der Waals surface area (Å²) in [5.74, 6) is 0.696. The number of hydrogen-bond donors (Lipinski definition) is 0. The smallest absolute Gasteiger partial charge is 0.202 e. The highest BCUT2D eigenvalue weighted by atomic mass is 32.2. The van der Waals surface area contributed by atoms with Crippen LogP contribution in [0.5, 0.6) is 0 Å². The number of benzene rings is 1. The average molecular weight is 389 g/mol. The minimum absolute atomic E-state index is 0.0531. The Morgan fingerprint density at radius 2 is 1.74 bits per heavy atom. The van der Waals surface area contributed by atoms with Gasteiger partial charge in [-0.3, -0.25) is 0 Å². The van der Waals surface area contributed by atoms with Crippen LogP contribution in [0.15, 0.2) is 70.0 Å². The highest BCUT2D eigenvalue weighted by Gasteiger charge is 2.22. The molecule has 0 aliphatic heterocycles. The van der Waals surface area contributed by atoms with Gasteiger partial charge in [0.2, 0.25) is 9.84 Å². The van der Waals surface area contributed by atoms with Crippen LogP contribution in [0.25, 0.3) is 0 Å². The minimum Gasteiger partial charge on any atom is -0.219 e. The van der Waals surface area contributed by atoms with E-state index in [1.165, 1.54) is 5.57 Å². The number of allylic oxidation sites excluding steroid dienone is 6. The molecular formula is C24H36O2S. The lowest BCUT2D eigenvalue weighted by molar-refractivity contribution is 0.410. The molecule has 27 heavy (non-hydrogen) atoms. The lowest BCUT2D eigenvalue weighted by Crippen LogP contribution is -2.13. The third-order valence-electron chi connectivity index (χ3n) is 5.11. The first-order chi connectivity index (χ1) is 12.6. The van der Waals surface area contributed by atoms with E-state index in [1.54, 1.807) is 37.3 Å². The van der Waals surface area contributed by atoms with E-state index >= 15 is 0 Å². The third-order valence-corrected chi connectivity index (χ3v) is 7.09. The van der Waals surface area contributed by atoms with Crippen LogP contribution in [0.2, 0.25) is 0 Å². The fourth-order valence-corrected chi connectivity index (χ4v) is 4.22. The maximum atomic E-state index is 12.8. The normalized spacial score (nSPS) is 14.3. The minimum atomic E-state index is -3.42. The van der Waals surface area contributed by atoms with Crippen molar-refractivity contribution in [1.29, 1.82) is 0 Å². The van der Waals surface area contributed by atoms with Crippen LogP contribution in [0.1, 0.15) is 67.2 Å². The van der Waals surface area contributed by atoms with E-state index in [0.29, 0.717) is 22.1 Å². The van der Waals surface area contributed by atoms with E-state index in [4.69, 9.17) is 0 Å². The van der Waals surface area contributed by atoms with Gasteiger partial charge in [-0.2, -0.15) is 0 Å². The van der Waals surface area contributed by atoms with Gasteiger partial charge in [0.15, 0.2) is 0 Å². The predicted octanol–water partition coefficient (Wildman–Crippen LogP) is 7.11. The van der Waals surface area contributed by atoms with Crippen molar-refractivity contribution in [2.75, 3.05) is 0 Å². The zero-order valence-corrected chi connectivity index (χ0v) is 18.6. The summed E-state index contributed by atoms with van der Waals surface area (Å²) in [6.45, 7) is 12.8. The largest absolute Gasteiger partial charge is 0.219 e. The topological polar surface area (TPSA) is 34.1 Å². The lowest BCUT2D eigenvalue weighted by Gasteiger charge is -2.25. The molecule has 0 amide bonds. The first-order valence-corrected chi connectivity index (χ1v) is 11.4. The van der Waals surface area contributed by atoms with Crippen LogP contribution in [0.3, 0.4) is 0 Å². The molecule has 0 aliphatic rings. The predicted molar refractivity (Wildman–Crippen MR) is 117 cm³/mol. The molecule has 0 spiro atoms. The van der Waals surface area contributed by atoms with Gasteiger partial charge in [-0.1, -0.05) is 75.8 Å². The van der Waals surface area contributed by atoms with Crippen LogP contribution in [-0.4, -0.2) is 8.42 Å². The van der Waals surface area contributed by atoms with Crippen molar-refractivity contribution in [3.8, 4) is 0 Å². The highest BCUT2D eigenvalue weighted by Crippen LogP contribution is 2.33. The van der Waals surface area contributed by atoms with Gasteiger partial charge in [-0.05, 0) is 56.6 Å². The van der Waals surface area contributed by atoms with Crippen molar-refractivity contribution in [1.82, 2.24) is 0 Å². The summed E-state index contributed by atoms with van der Waals surface area (Å²) in [4.78, 5) is 0.819. The van der Waals surface area contributed by atoms with E-state index in [9.17, 15) is 8.42 Å². The molecule has 0 radical (unpaired) electrons. The second-order valence-electron chi connectivity index (χ2n) is 8.19. The fourth-order valence-electron chi connectivity index (χ4n) is 2.79. The van der Waals surface area contributed by atoms with Gasteiger partial charge in [-0.15, -0.1) is 0 Å². The van der Waals surface area contributed by atoms with Crippen molar-refractivity contribution in [2.45, 2.75) is 72.1 Å². The molecule has 0 atom stereocenters. The molecule has 1 aromatic rings. The van der Waals surface area contributed by atoms with E-state index < -0.39 is 9.84 Å². The van der Waals surface area contributed by atoms with Crippen molar-refractivity contribution in [2.24, 2.45) is 11.3 Å². The molecule has 0 aromatic heterocycles. The molecular weight excluding hydrogens is 352 g/mol. The van der Waals surface area contributed by atoms with Crippen molar-refractivity contribution in [3.63, 3.8) is 0 Å². The monoisotopic (exact) mass is 388 g/mol. The first-order valence-electron chi connectivity index (χ1n) is 9.89. The van der Waals surface area contributed by atoms with Gasteiger partial charge in [0.25, 0.3) is 0 Å². The van der Waals surface area contributed by atoms with Crippen LogP contribution in [0.4, 0.5) is 0 Å². The molecule has 1 rings (SSSR count). The van der Waals surface area contributed by atoms with E-state index in [1.807, 2.05) is 6.07 Å².